The quantitative estimate of drug-likeness (QED) is 0.823. The summed E-state index contributed by atoms with van der Waals surface area (Å²) in [5.41, 5.74) is 0.849. The van der Waals surface area contributed by atoms with Gasteiger partial charge in [-0.25, -0.2) is 0 Å². The molecule has 2 atom stereocenters. The molecular weight excluding hydrogens is 304 g/mol. The molecule has 0 unspecified atom stereocenters. The third kappa shape index (κ3) is 3.81. The Kier molecular flexibility index (Phi) is 4.59. The molecule has 2 saturated heterocycles. The summed E-state index contributed by atoms with van der Waals surface area (Å²) in [5.74, 6) is 1.68. The van der Waals surface area contributed by atoms with Gasteiger partial charge in [-0.05, 0) is 31.2 Å². The van der Waals surface area contributed by atoms with Gasteiger partial charge in [-0.15, -0.1) is 0 Å². The highest BCUT2D eigenvalue weighted by atomic mass is 16.5. The zero-order valence-electron chi connectivity index (χ0n) is 14.6. The number of carbonyl (C=O) groups is 1. The Morgan fingerprint density at radius 3 is 2.92 bits per heavy atom. The maximum absolute atomic E-state index is 12.6. The Balaban J connectivity index is 1.32. The van der Waals surface area contributed by atoms with Gasteiger partial charge in [0.1, 0.15) is 0 Å². The van der Waals surface area contributed by atoms with Gasteiger partial charge >= 0.3 is 0 Å². The number of carbonyl (C=O) groups excluding carboxylic acids is 1. The van der Waals surface area contributed by atoms with Gasteiger partial charge in [-0.2, -0.15) is 5.10 Å². The second-order valence-electron chi connectivity index (χ2n) is 7.66. The molecule has 0 aromatic carbocycles. The lowest BCUT2D eigenvalue weighted by Crippen LogP contribution is -2.49. The van der Waals surface area contributed by atoms with E-state index in [0.717, 1.165) is 50.8 Å². The highest BCUT2D eigenvalue weighted by Crippen LogP contribution is 2.31. The van der Waals surface area contributed by atoms with Gasteiger partial charge in [0.15, 0.2) is 0 Å². The summed E-state index contributed by atoms with van der Waals surface area (Å²) in [6.07, 6.45) is 6.35. The highest BCUT2D eigenvalue weighted by molar-refractivity contribution is 5.78. The topological polar surface area (TPSA) is 50.6 Å². The first kappa shape index (κ1) is 16.1. The molecule has 24 heavy (non-hydrogen) atoms. The van der Waals surface area contributed by atoms with Crippen molar-refractivity contribution in [3.8, 4) is 0 Å². The fourth-order valence-electron chi connectivity index (χ4n) is 4.00. The van der Waals surface area contributed by atoms with E-state index in [9.17, 15) is 4.79 Å². The van der Waals surface area contributed by atoms with Crippen LogP contribution in [0.4, 0.5) is 0 Å². The molecule has 3 aliphatic rings. The van der Waals surface area contributed by atoms with Crippen molar-refractivity contribution in [2.24, 2.45) is 18.9 Å². The van der Waals surface area contributed by atoms with E-state index in [1.54, 1.807) is 4.68 Å². The van der Waals surface area contributed by atoms with Gasteiger partial charge in [-0.1, -0.05) is 0 Å². The Bertz CT molecular complexity index is 583. The maximum atomic E-state index is 12.6. The number of hydrogen-bond acceptors (Lipinski definition) is 4. The molecule has 0 bridgehead atoms. The number of rotatable bonds is 4. The standard InChI is InChI=1S/C18H28N4O2/c1-20-6-5-16(19-20)10-18(23)22-7-4-15-12-21(11-14-2-3-14)8-9-24-17(15)13-22/h5-6,14-15,17H,2-4,7-13H2,1H3/t15-,17-/m1/s1. The molecule has 1 aromatic rings. The fourth-order valence-corrected chi connectivity index (χ4v) is 4.00. The van der Waals surface area contributed by atoms with Gasteiger partial charge in [0.25, 0.3) is 0 Å². The van der Waals surface area contributed by atoms with Crippen molar-refractivity contribution in [3.05, 3.63) is 18.0 Å². The van der Waals surface area contributed by atoms with Crippen molar-refractivity contribution in [2.75, 3.05) is 39.3 Å². The van der Waals surface area contributed by atoms with Gasteiger partial charge in [0, 0.05) is 51.9 Å². The van der Waals surface area contributed by atoms with Crippen molar-refractivity contribution in [1.82, 2.24) is 19.6 Å². The van der Waals surface area contributed by atoms with Crippen LogP contribution in [0.1, 0.15) is 25.0 Å². The fraction of sp³-hybridized carbons (Fsp3) is 0.778. The molecule has 0 N–H and O–H groups in total. The molecule has 1 aliphatic carbocycles. The normalized spacial score (nSPS) is 28.5. The molecule has 1 saturated carbocycles. The minimum absolute atomic E-state index is 0.176. The number of piperidine rings is 1. The van der Waals surface area contributed by atoms with Crippen LogP contribution in [0.3, 0.4) is 0 Å². The monoisotopic (exact) mass is 332 g/mol. The largest absolute Gasteiger partial charge is 0.375 e. The summed E-state index contributed by atoms with van der Waals surface area (Å²) in [5, 5.41) is 4.32. The highest BCUT2D eigenvalue weighted by Gasteiger charge is 2.36. The smallest absolute Gasteiger partial charge is 0.228 e. The van der Waals surface area contributed by atoms with Crippen LogP contribution >= 0.6 is 0 Å². The van der Waals surface area contributed by atoms with Crippen molar-refractivity contribution in [3.63, 3.8) is 0 Å². The predicted octanol–water partition coefficient (Wildman–Crippen LogP) is 0.922. The predicted molar refractivity (Wildman–Crippen MR) is 90.5 cm³/mol. The molecule has 6 heteroatoms. The van der Waals surface area contributed by atoms with E-state index in [2.05, 4.69) is 10.00 Å². The van der Waals surface area contributed by atoms with E-state index in [1.807, 2.05) is 24.2 Å². The lowest BCUT2D eigenvalue weighted by molar-refractivity contribution is -0.136. The van der Waals surface area contributed by atoms with Gasteiger partial charge < -0.3 is 14.5 Å². The molecular formula is C18H28N4O2. The van der Waals surface area contributed by atoms with E-state index in [-0.39, 0.29) is 12.0 Å². The van der Waals surface area contributed by atoms with Crippen LogP contribution in [0.5, 0.6) is 0 Å². The second-order valence-corrected chi connectivity index (χ2v) is 7.66. The lowest BCUT2D eigenvalue weighted by Gasteiger charge is -2.38. The number of hydrogen-bond donors (Lipinski definition) is 0. The van der Waals surface area contributed by atoms with E-state index in [0.29, 0.717) is 12.3 Å². The van der Waals surface area contributed by atoms with Crippen LogP contribution in [0.15, 0.2) is 12.3 Å². The summed E-state index contributed by atoms with van der Waals surface area (Å²) in [6.45, 7) is 5.83. The Labute approximate surface area is 143 Å². The number of amides is 1. The summed E-state index contributed by atoms with van der Waals surface area (Å²) in [7, 11) is 1.88. The number of ether oxygens (including phenoxy) is 1. The van der Waals surface area contributed by atoms with E-state index >= 15 is 0 Å². The zero-order chi connectivity index (χ0) is 16.5. The van der Waals surface area contributed by atoms with E-state index in [1.165, 1.54) is 19.4 Å². The molecule has 132 valence electrons. The SMILES string of the molecule is Cn1ccc(CC(=O)N2CC[C@@H]3CN(CC4CC4)CCO[C@@H]3C2)n1. The van der Waals surface area contributed by atoms with Gasteiger partial charge in [-0.3, -0.25) is 9.48 Å². The molecule has 3 fully saturated rings. The van der Waals surface area contributed by atoms with Crippen molar-refractivity contribution in [2.45, 2.75) is 31.8 Å². The third-order valence-electron chi connectivity index (χ3n) is 5.60. The Hall–Kier alpha value is -1.40. The third-order valence-corrected chi connectivity index (χ3v) is 5.60. The molecule has 3 heterocycles. The van der Waals surface area contributed by atoms with Crippen molar-refractivity contribution in [1.29, 1.82) is 0 Å². The molecule has 0 radical (unpaired) electrons. The van der Waals surface area contributed by atoms with Gasteiger partial charge in [0.2, 0.25) is 5.91 Å². The van der Waals surface area contributed by atoms with Crippen LogP contribution < -0.4 is 0 Å². The average Bonchev–Trinajstić information content (AvgIpc) is 3.32. The summed E-state index contributed by atoms with van der Waals surface area (Å²) in [6, 6.07) is 1.92. The minimum atomic E-state index is 0.176. The van der Waals surface area contributed by atoms with Crippen LogP contribution in [-0.2, 0) is 23.0 Å². The number of likely N-dealkylation sites (tertiary alicyclic amines) is 1. The molecule has 6 nitrogen and oxygen atoms in total. The van der Waals surface area contributed by atoms with E-state index < -0.39 is 0 Å². The van der Waals surface area contributed by atoms with Crippen LogP contribution in [0.25, 0.3) is 0 Å². The van der Waals surface area contributed by atoms with Crippen molar-refractivity contribution >= 4 is 5.91 Å². The Morgan fingerprint density at radius 1 is 1.29 bits per heavy atom. The summed E-state index contributed by atoms with van der Waals surface area (Å²) in [4.78, 5) is 17.1. The van der Waals surface area contributed by atoms with Crippen LogP contribution in [0.2, 0.25) is 0 Å². The molecule has 1 aromatic heterocycles. The number of fused-ring (bicyclic) bond motifs is 1. The molecule has 1 amide bonds. The number of nitrogens with zero attached hydrogens (tertiary/aromatic N) is 4. The zero-order valence-corrected chi connectivity index (χ0v) is 14.6. The van der Waals surface area contributed by atoms with E-state index in [4.69, 9.17) is 4.74 Å². The molecule has 0 spiro atoms. The number of aromatic nitrogens is 2. The first-order valence-corrected chi connectivity index (χ1v) is 9.27. The van der Waals surface area contributed by atoms with Crippen LogP contribution in [0, 0.1) is 11.8 Å². The van der Waals surface area contributed by atoms with Crippen molar-refractivity contribution < 1.29 is 9.53 Å². The molecule has 4 rings (SSSR count). The van der Waals surface area contributed by atoms with Gasteiger partial charge in [0.05, 0.1) is 24.8 Å². The molecule has 2 aliphatic heterocycles. The Morgan fingerprint density at radius 2 is 2.17 bits per heavy atom. The first-order chi connectivity index (χ1) is 11.7. The second kappa shape index (κ2) is 6.84. The maximum Gasteiger partial charge on any atom is 0.228 e. The first-order valence-electron chi connectivity index (χ1n) is 9.27. The summed E-state index contributed by atoms with van der Waals surface area (Å²) < 4.78 is 7.87. The number of aryl methyl sites for hydroxylation is 1. The average molecular weight is 332 g/mol. The summed E-state index contributed by atoms with van der Waals surface area (Å²) >= 11 is 0. The van der Waals surface area contributed by atoms with Crippen LogP contribution in [-0.4, -0.2) is 70.9 Å². The minimum Gasteiger partial charge on any atom is -0.375 e. The lowest BCUT2D eigenvalue weighted by atomic mass is 9.93.